The molecule has 0 unspecified atom stereocenters. The lowest BCUT2D eigenvalue weighted by molar-refractivity contribution is 0.0686. The number of carbonyl (C=O) groups is 1. The van der Waals surface area contributed by atoms with Crippen LogP contribution in [0.15, 0.2) is 24.3 Å². The van der Waals surface area contributed by atoms with Crippen LogP contribution in [0.25, 0.3) is 0 Å². The summed E-state index contributed by atoms with van der Waals surface area (Å²) in [5.74, 6) is 2.14. The smallest absolute Gasteiger partial charge is 0.253 e. The van der Waals surface area contributed by atoms with E-state index in [1.807, 2.05) is 36.2 Å². The molecule has 0 spiro atoms. The molecule has 0 aromatic heterocycles. The first-order valence-electron chi connectivity index (χ1n) is 8.77. The largest absolute Gasteiger partial charge is 0.493 e. The topological polar surface area (TPSA) is 41.6 Å². The summed E-state index contributed by atoms with van der Waals surface area (Å²) in [6, 6.07) is 7.58. The second-order valence-electron chi connectivity index (χ2n) is 6.86. The molecular weight excluding hydrogens is 324 g/mol. The van der Waals surface area contributed by atoms with Gasteiger partial charge >= 0.3 is 0 Å². The van der Waals surface area contributed by atoms with Crippen molar-refractivity contribution in [3.63, 3.8) is 0 Å². The number of piperidine rings is 1. The van der Waals surface area contributed by atoms with Crippen LogP contribution < -0.4 is 10.1 Å². The molecule has 1 aliphatic heterocycles. The van der Waals surface area contributed by atoms with Gasteiger partial charge in [0.1, 0.15) is 5.75 Å². The molecule has 0 atom stereocenters. The molecule has 1 fully saturated rings. The van der Waals surface area contributed by atoms with E-state index >= 15 is 0 Å². The van der Waals surface area contributed by atoms with Crippen LogP contribution in [0, 0.1) is 11.8 Å². The maximum atomic E-state index is 12.7. The van der Waals surface area contributed by atoms with Gasteiger partial charge in [-0.2, -0.15) is 0 Å². The van der Waals surface area contributed by atoms with E-state index in [9.17, 15) is 4.79 Å². The van der Waals surface area contributed by atoms with E-state index in [0.29, 0.717) is 12.5 Å². The third-order valence-corrected chi connectivity index (χ3v) is 4.37. The van der Waals surface area contributed by atoms with Gasteiger partial charge in [0.2, 0.25) is 0 Å². The minimum Gasteiger partial charge on any atom is -0.493 e. The molecule has 1 heterocycles. The van der Waals surface area contributed by atoms with Crippen LogP contribution in [-0.4, -0.2) is 44.1 Å². The summed E-state index contributed by atoms with van der Waals surface area (Å²) in [6.45, 7) is 7.71. The number of hydrogen-bond donors (Lipinski definition) is 1. The lowest BCUT2D eigenvalue weighted by atomic mass is 9.93. The van der Waals surface area contributed by atoms with E-state index in [-0.39, 0.29) is 18.3 Å². The first-order chi connectivity index (χ1) is 11.1. The van der Waals surface area contributed by atoms with Crippen LogP contribution in [-0.2, 0) is 0 Å². The van der Waals surface area contributed by atoms with E-state index in [1.165, 1.54) is 6.42 Å². The zero-order valence-corrected chi connectivity index (χ0v) is 15.9. The molecule has 2 rings (SSSR count). The summed E-state index contributed by atoms with van der Waals surface area (Å²) >= 11 is 0. The number of ether oxygens (including phenoxy) is 1. The van der Waals surface area contributed by atoms with Crippen molar-refractivity contribution in [3.8, 4) is 5.75 Å². The number of nitrogens with zero attached hydrogens (tertiary/aromatic N) is 1. The fourth-order valence-electron chi connectivity index (χ4n) is 2.94. The number of nitrogens with one attached hydrogen (secondary N) is 1. The van der Waals surface area contributed by atoms with Crippen LogP contribution in [0.2, 0.25) is 0 Å². The van der Waals surface area contributed by atoms with Crippen molar-refractivity contribution < 1.29 is 9.53 Å². The van der Waals surface area contributed by atoms with E-state index in [4.69, 9.17) is 4.74 Å². The van der Waals surface area contributed by atoms with Crippen molar-refractivity contribution in [2.45, 2.75) is 33.1 Å². The number of hydrogen-bond acceptors (Lipinski definition) is 3. The minimum absolute atomic E-state index is 0. The molecule has 136 valence electrons. The van der Waals surface area contributed by atoms with Gasteiger partial charge in [-0.1, -0.05) is 19.9 Å². The Bertz CT molecular complexity index is 500. The summed E-state index contributed by atoms with van der Waals surface area (Å²) < 4.78 is 5.73. The zero-order valence-electron chi connectivity index (χ0n) is 15.1. The van der Waals surface area contributed by atoms with Crippen LogP contribution in [0.5, 0.6) is 5.75 Å². The Hall–Kier alpha value is -1.26. The average molecular weight is 355 g/mol. The number of halogens is 1. The monoisotopic (exact) mass is 354 g/mol. The summed E-state index contributed by atoms with van der Waals surface area (Å²) in [6.07, 6.45) is 3.42. The lowest BCUT2D eigenvalue weighted by Gasteiger charge is -2.32. The molecule has 1 aromatic carbocycles. The normalized spacial score (nSPS) is 15.2. The zero-order chi connectivity index (χ0) is 16.7. The predicted octanol–water partition coefficient (Wildman–Crippen LogP) is 3.60. The van der Waals surface area contributed by atoms with Gasteiger partial charge in [-0.3, -0.25) is 4.79 Å². The fraction of sp³-hybridized carbons (Fsp3) is 0.632. The van der Waals surface area contributed by atoms with E-state index < -0.39 is 0 Å². The Balaban J connectivity index is 0.00000288. The van der Waals surface area contributed by atoms with E-state index in [1.54, 1.807) is 0 Å². The molecule has 0 radical (unpaired) electrons. The van der Waals surface area contributed by atoms with Crippen molar-refractivity contribution in [1.82, 2.24) is 10.2 Å². The highest BCUT2D eigenvalue weighted by Crippen LogP contribution is 2.22. The first kappa shape index (κ1) is 20.8. The van der Waals surface area contributed by atoms with Crippen molar-refractivity contribution in [2.75, 3.05) is 33.3 Å². The molecule has 1 aromatic rings. The third-order valence-electron chi connectivity index (χ3n) is 4.37. The van der Waals surface area contributed by atoms with Crippen LogP contribution in [0.3, 0.4) is 0 Å². The number of rotatable bonds is 7. The van der Waals surface area contributed by atoms with Gasteiger partial charge in [0.05, 0.1) is 6.61 Å². The van der Waals surface area contributed by atoms with Gasteiger partial charge in [0.25, 0.3) is 5.91 Å². The van der Waals surface area contributed by atoms with E-state index in [0.717, 1.165) is 49.7 Å². The molecule has 0 bridgehead atoms. The van der Waals surface area contributed by atoms with Crippen LogP contribution >= 0.6 is 12.4 Å². The van der Waals surface area contributed by atoms with Gasteiger partial charge in [-0.05, 0) is 62.9 Å². The Kier molecular flexibility index (Phi) is 9.16. The standard InChI is InChI=1S/C19H30N2O2.ClH/c1-15(2)14-23-18-6-4-5-17(13-18)19(22)21-11-8-16(9-12-21)7-10-20-3;/h4-6,13,15-16,20H,7-12,14H2,1-3H3;1H. The second-order valence-corrected chi connectivity index (χ2v) is 6.86. The van der Waals surface area contributed by atoms with Crippen molar-refractivity contribution in [2.24, 2.45) is 11.8 Å². The van der Waals surface area contributed by atoms with Gasteiger partial charge in [0.15, 0.2) is 0 Å². The fourth-order valence-corrected chi connectivity index (χ4v) is 2.94. The number of likely N-dealkylation sites (tertiary alicyclic amines) is 1. The van der Waals surface area contributed by atoms with Gasteiger partial charge in [-0.15, -0.1) is 12.4 Å². The summed E-state index contributed by atoms with van der Waals surface area (Å²) in [5, 5.41) is 3.21. The van der Waals surface area contributed by atoms with Gasteiger partial charge in [-0.25, -0.2) is 0 Å². The highest BCUT2D eigenvalue weighted by atomic mass is 35.5. The molecule has 1 amide bonds. The van der Waals surface area contributed by atoms with Gasteiger partial charge < -0.3 is 15.0 Å². The van der Waals surface area contributed by atoms with Crippen LogP contribution in [0.4, 0.5) is 0 Å². The molecule has 1 N–H and O–H groups in total. The maximum absolute atomic E-state index is 12.7. The highest BCUT2D eigenvalue weighted by molar-refractivity contribution is 5.94. The molecule has 0 saturated carbocycles. The van der Waals surface area contributed by atoms with E-state index in [2.05, 4.69) is 19.2 Å². The van der Waals surface area contributed by atoms with Crippen molar-refractivity contribution in [3.05, 3.63) is 29.8 Å². The molecule has 1 saturated heterocycles. The average Bonchev–Trinajstić information content (AvgIpc) is 2.58. The molecule has 1 aliphatic rings. The summed E-state index contributed by atoms with van der Waals surface area (Å²) in [4.78, 5) is 14.7. The maximum Gasteiger partial charge on any atom is 0.253 e. The molecule has 5 heteroatoms. The van der Waals surface area contributed by atoms with Crippen LogP contribution in [0.1, 0.15) is 43.5 Å². The molecule has 4 nitrogen and oxygen atoms in total. The Labute approximate surface area is 152 Å². The Morgan fingerprint density at radius 1 is 1.33 bits per heavy atom. The number of amides is 1. The molecular formula is C19H31ClN2O2. The van der Waals surface area contributed by atoms with Gasteiger partial charge in [0, 0.05) is 18.7 Å². The summed E-state index contributed by atoms with van der Waals surface area (Å²) in [5.41, 5.74) is 0.736. The first-order valence-corrected chi connectivity index (χ1v) is 8.77. The second kappa shape index (κ2) is 10.6. The third kappa shape index (κ3) is 6.33. The molecule has 0 aliphatic carbocycles. The number of carbonyl (C=O) groups excluding carboxylic acids is 1. The highest BCUT2D eigenvalue weighted by Gasteiger charge is 2.23. The lowest BCUT2D eigenvalue weighted by Crippen LogP contribution is -2.38. The predicted molar refractivity (Wildman–Crippen MR) is 101 cm³/mol. The number of benzene rings is 1. The Morgan fingerprint density at radius 2 is 2.04 bits per heavy atom. The minimum atomic E-state index is 0. The van der Waals surface area contributed by atoms with Crippen molar-refractivity contribution in [1.29, 1.82) is 0 Å². The summed E-state index contributed by atoms with van der Waals surface area (Å²) in [7, 11) is 1.99. The Morgan fingerprint density at radius 3 is 2.67 bits per heavy atom. The molecule has 24 heavy (non-hydrogen) atoms. The van der Waals surface area contributed by atoms with Crippen molar-refractivity contribution >= 4 is 18.3 Å². The SMILES string of the molecule is CNCCC1CCN(C(=O)c2cccc(OCC(C)C)c2)CC1.Cl. The quantitative estimate of drug-likeness (QED) is 0.813.